The third-order valence-electron chi connectivity index (χ3n) is 5.10. The van der Waals surface area contributed by atoms with E-state index in [1.165, 1.54) is 31.2 Å². The number of halogens is 1. The van der Waals surface area contributed by atoms with E-state index in [1.54, 1.807) is 14.2 Å². The zero-order valence-corrected chi connectivity index (χ0v) is 20.7. The van der Waals surface area contributed by atoms with Gasteiger partial charge in [0.25, 0.3) is 0 Å². The molecule has 1 fully saturated rings. The van der Waals surface area contributed by atoms with E-state index in [9.17, 15) is 0 Å². The first-order valence-corrected chi connectivity index (χ1v) is 10.5. The number of methoxy groups -OCH3 is 2. The lowest BCUT2D eigenvalue weighted by molar-refractivity contribution is 0.0579. The Bertz CT molecular complexity index is 607. The molecule has 0 saturated heterocycles. The fraction of sp³-hybridized carbons (Fsp3) is 0.682. The second-order valence-corrected chi connectivity index (χ2v) is 7.23. The van der Waals surface area contributed by atoms with Crippen molar-refractivity contribution in [2.24, 2.45) is 4.99 Å². The molecule has 166 valence electrons. The minimum Gasteiger partial charge on any atom is -0.493 e. The molecule has 1 aliphatic carbocycles. The second-order valence-electron chi connectivity index (χ2n) is 7.23. The molecular formula is C22H38IN3O3. The standard InChI is InChI=1S/C22H37N3O3.HI/c1-5-23-22(24-14-8-16-28-19-9-6-7-10-19)25(2)15-13-18-11-12-20(26-3)21(17-18)27-4;/h11-12,17,19H,5-10,13-16H2,1-4H3,(H,23,24);1H. The number of rotatable bonds is 11. The molecule has 0 unspecified atom stereocenters. The zero-order valence-electron chi connectivity index (χ0n) is 18.4. The second kappa shape index (κ2) is 14.7. The number of ether oxygens (including phenoxy) is 3. The van der Waals surface area contributed by atoms with Crippen LogP contribution in [-0.2, 0) is 11.2 Å². The van der Waals surface area contributed by atoms with Crippen LogP contribution >= 0.6 is 24.0 Å². The van der Waals surface area contributed by atoms with E-state index in [2.05, 4.69) is 30.3 Å². The van der Waals surface area contributed by atoms with Crippen LogP contribution in [0.1, 0.15) is 44.6 Å². The summed E-state index contributed by atoms with van der Waals surface area (Å²) in [6.07, 6.45) is 7.45. The summed E-state index contributed by atoms with van der Waals surface area (Å²) in [5.41, 5.74) is 1.21. The van der Waals surface area contributed by atoms with Crippen molar-refractivity contribution in [2.45, 2.75) is 51.6 Å². The van der Waals surface area contributed by atoms with E-state index < -0.39 is 0 Å². The maximum Gasteiger partial charge on any atom is 0.193 e. The van der Waals surface area contributed by atoms with Crippen molar-refractivity contribution < 1.29 is 14.2 Å². The van der Waals surface area contributed by atoms with Gasteiger partial charge in [-0.2, -0.15) is 0 Å². The van der Waals surface area contributed by atoms with Crippen LogP contribution in [0.3, 0.4) is 0 Å². The fourth-order valence-electron chi connectivity index (χ4n) is 3.46. The molecule has 0 aliphatic heterocycles. The van der Waals surface area contributed by atoms with Gasteiger partial charge in [-0.1, -0.05) is 18.9 Å². The Kier molecular flexibility index (Phi) is 13.1. The number of guanidine groups is 1. The first-order valence-electron chi connectivity index (χ1n) is 10.5. The molecule has 0 amide bonds. The lowest BCUT2D eigenvalue weighted by atomic mass is 10.1. The van der Waals surface area contributed by atoms with Crippen molar-refractivity contribution in [3.8, 4) is 11.5 Å². The Morgan fingerprint density at radius 2 is 1.90 bits per heavy atom. The number of likely N-dealkylation sites (N-methyl/N-ethyl adjacent to an activating group) is 1. The number of hydrogen-bond acceptors (Lipinski definition) is 4. The fourth-order valence-corrected chi connectivity index (χ4v) is 3.46. The minimum atomic E-state index is 0. The van der Waals surface area contributed by atoms with Crippen LogP contribution in [0.15, 0.2) is 23.2 Å². The van der Waals surface area contributed by atoms with Crippen molar-refractivity contribution in [1.29, 1.82) is 0 Å². The highest BCUT2D eigenvalue weighted by molar-refractivity contribution is 14.0. The molecule has 29 heavy (non-hydrogen) atoms. The predicted octanol–water partition coefficient (Wildman–Crippen LogP) is 4.11. The van der Waals surface area contributed by atoms with Gasteiger partial charge in [-0.3, -0.25) is 4.99 Å². The lowest BCUT2D eigenvalue weighted by Crippen LogP contribution is -2.40. The van der Waals surface area contributed by atoms with Crippen molar-refractivity contribution in [3.05, 3.63) is 23.8 Å². The average molecular weight is 519 g/mol. The van der Waals surface area contributed by atoms with E-state index in [-0.39, 0.29) is 24.0 Å². The van der Waals surface area contributed by atoms with Crippen LogP contribution < -0.4 is 14.8 Å². The molecule has 7 heteroatoms. The van der Waals surface area contributed by atoms with Crippen LogP contribution in [0, 0.1) is 0 Å². The molecule has 2 rings (SSSR count). The summed E-state index contributed by atoms with van der Waals surface area (Å²) in [6.45, 7) is 5.43. The SMILES string of the molecule is CCNC(=NCCCOC1CCCC1)N(C)CCc1ccc(OC)c(OC)c1.I. The first-order chi connectivity index (χ1) is 13.7. The van der Waals surface area contributed by atoms with Gasteiger partial charge in [0, 0.05) is 33.3 Å². The number of nitrogens with zero attached hydrogens (tertiary/aromatic N) is 2. The summed E-state index contributed by atoms with van der Waals surface area (Å²) < 4.78 is 16.6. The van der Waals surface area contributed by atoms with E-state index in [0.29, 0.717) is 6.10 Å². The molecule has 6 nitrogen and oxygen atoms in total. The number of aliphatic imine (C=N–C) groups is 1. The van der Waals surface area contributed by atoms with Gasteiger partial charge in [0.2, 0.25) is 0 Å². The number of benzene rings is 1. The van der Waals surface area contributed by atoms with Crippen LogP contribution in [0.4, 0.5) is 0 Å². The Balaban J connectivity index is 0.00000420. The van der Waals surface area contributed by atoms with Crippen LogP contribution in [0.5, 0.6) is 11.5 Å². The molecule has 1 aromatic rings. The molecule has 1 saturated carbocycles. The normalized spacial score (nSPS) is 14.4. The molecule has 0 radical (unpaired) electrons. The van der Waals surface area contributed by atoms with Crippen molar-refractivity contribution in [1.82, 2.24) is 10.2 Å². The highest BCUT2D eigenvalue weighted by atomic mass is 127. The van der Waals surface area contributed by atoms with Gasteiger partial charge in [-0.25, -0.2) is 0 Å². The summed E-state index contributed by atoms with van der Waals surface area (Å²) in [5, 5.41) is 3.38. The molecule has 0 heterocycles. The van der Waals surface area contributed by atoms with Gasteiger partial charge in [0.15, 0.2) is 17.5 Å². The molecule has 0 bridgehead atoms. The largest absolute Gasteiger partial charge is 0.493 e. The van der Waals surface area contributed by atoms with Crippen LogP contribution in [0.25, 0.3) is 0 Å². The Morgan fingerprint density at radius 3 is 2.55 bits per heavy atom. The third-order valence-corrected chi connectivity index (χ3v) is 5.10. The Hall–Kier alpha value is -1.22. The summed E-state index contributed by atoms with van der Waals surface area (Å²) in [6, 6.07) is 6.08. The van der Waals surface area contributed by atoms with E-state index >= 15 is 0 Å². The summed E-state index contributed by atoms with van der Waals surface area (Å²) >= 11 is 0. The summed E-state index contributed by atoms with van der Waals surface area (Å²) in [7, 11) is 5.40. The van der Waals surface area contributed by atoms with Gasteiger partial charge < -0.3 is 24.4 Å². The van der Waals surface area contributed by atoms with Gasteiger partial charge in [-0.15, -0.1) is 24.0 Å². The minimum absolute atomic E-state index is 0. The van der Waals surface area contributed by atoms with E-state index in [0.717, 1.165) is 56.5 Å². The van der Waals surface area contributed by atoms with Crippen molar-refractivity contribution >= 4 is 29.9 Å². The molecule has 1 aromatic carbocycles. The van der Waals surface area contributed by atoms with Gasteiger partial charge in [0.05, 0.1) is 20.3 Å². The zero-order chi connectivity index (χ0) is 20.2. The molecular weight excluding hydrogens is 481 g/mol. The van der Waals surface area contributed by atoms with Crippen LogP contribution in [0.2, 0.25) is 0 Å². The number of hydrogen-bond donors (Lipinski definition) is 1. The van der Waals surface area contributed by atoms with Crippen molar-refractivity contribution in [2.75, 3.05) is 47.5 Å². The van der Waals surface area contributed by atoms with Gasteiger partial charge >= 0.3 is 0 Å². The maximum absolute atomic E-state index is 5.93. The van der Waals surface area contributed by atoms with Crippen LogP contribution in [-0.4, -0.2) is 64.5 Å². The summed E-state index contributed by atoms with van der Waals surface area (Å²) in [4.78, 5) is 6.94. The molecule has 0 spiro atoms. The van der Waals surface area contributed by atoms with E-state index in [1.807, 2.05) is 12.1 Å². The quantitative estimate of drug-likeness (QED) is 0.207. The molecule has 1 N–H and O–H groups in total. The molecule has 0 atom stereocenters. The Morgan fingerprint density at radius 1 is 1.17 bits per heavy atom. The lowest BCUT2D eigenvalue weighted by Gasteiger charge is -2.22. The average Bonchev–Trinajstić information content (AvgIpc) is 3.24. The van der Waals surface area contributed by atoms with Gasteiger partial charge in [0.1, 0.15) is 0 Å². The number of nitrogens with one attached hydrogen (secondary N) is 1. The highest BCUT2D eigenvalue weighted by Crippen LogP contribution is 2.27. The monoisotopic (exact) mass is 519 g/mol. The third kappa shape index (κ3) is 8.99. The maximum atomic E-state index is 5.93. The predicted molar refractivity (Wildman–Crippen MR) is 130 cm³/mol. The summed E-state index contributed by atoms with van der Waals surface area (Å²) in [5.74, 6) is 2.48. The first kappa shape index (κ1) is 25.8. The van der Waals surface area contributed by atoms with Crippen molar-refractivity contribution in [3.63, 3.8) is 0 Å². The smallest absolute Gasteiger partial charge is 0.193 e. The highest BCUT2D eigenvalue weighted by Gasteiger charge is 2.14. The molecule has 1 aliphatic rings. The Labute approximate surface area is 193 Å². The van der Waals surface area contributed by atoms with Gasteiger partial charge in [-0.05, 0) is 50.3 Å². The molecule has 0 aromatic heterocycles. The topological polar surface area (TPSA) is 55.3 Å². The van der Waals surface area contributed by atoms with E-state index in [4.69, 9.17) is 19.2 Å².